The molecule has 1 aliphatic rings. The van der Waals surface area contributed by atoms with E-state index in [-0.39, 0.29) is 11.8 Å². The number of aromatic nitrogens is 2. The minimum absolute atomic E-state index is 0.0167. The van der Waals surface area contributed by atoms with Crippen LogP contribution in [0, 0.1) is 5.92 Å². The van der Waals surface area contributed by atoms with Gasteiger partial charge in [-0.25, -0.2) is 9.97 Å². The van der Waals surface area contributed by atoms with E-state index in [1.165, 1.54) is 0 Å². The van der Waals surface area contributed by atoms with Crippen LogP contribution in [0.4, 0.5) is 5.13 Å². The van der Waals surface area contributed by atoms with Crippen molar-refractivity contribution in [1.29, 1.82) is 0 Å². The SMILES string of the molecule is COc1ccc(CNC(=O)C2CCN(c3nc4cccnc4s3)CC2)c(OC)c1. The van der Waals surface area contributed by atoms with Gasteiger partial charge in [-0.15, -0.1) is 0 Å². The Hall–Kier alpha value is -2.87. The molecular weight excluding hydrogens is 388 g/mol. The average molecular weight is 413 g/mol. The van der Waals surface area contributed by atoms with Gasteiger partial charge in [0.1, 0.15) is 21.8 Å². The van der Waals surface area contributed by atoms with Crippen LogP contribution in [0.15, 0.2) is 36.5 Å². The summed E-state index contributed by atoms with van der Waals surface area (Å²) in [6.07, 6.45) is 3.42. The number of rotatable bonds is 6. The highest BCUT2D eigenvalue weighted by Gasteiger charge is 2.26. The number of ether oxygens (including phenoxy) is 2. The molecule has 8 heteroatoms. The van der Waals surface area contributed by atoms with E-state index in [1.807, 2.05) is 30.3 Å². The van der Waals surface area contributed by atoms with Crippen molar-refractivity contribution in [2.24, 2.45) is 5.92 Å². The zero-order chi connectivity index (χ0) is 20.2. The lowest BCUT2D eigenvalue weighted by Gasteiger charge is -2.31. The lowest BCUT2D eigenvalue weighted by atomic mass is 9.96. The minimum Gasteiger partial charge on any atom is -0.497 e. The number of nitrogens with zero attached hydrogens (tertiary/aromatic N) is 3. The summed E-state index contributed by atoms with van der Waals surface area (Å²) < 4.78 is 10.6. The van der Waals surface area contributed by atoms with Gasteiger partial charge in [-0.3, -0.25) is 4.79 Å². The smallest absolute Gasteiger partial charge is 0.223 e. The van der Waals surface area contributed by atoms with Crippen LogP contribution in [-0.4, -0.2) is 43.2 Å². The van der Waals surface area contributed by atoms with Gasteiger partial charge < -0.3 is 19.7 Å². The fourth-order valence-electron chi connectivity index (χ4n) is 3.55. The molecule has 1 N–H and O–H groups in total. The molecule has 152 valence electrons. The summed E-state index contributed by atoms with van der Waals surface area (Å²) in [5, 5.41) is 4.04. The minimum atomic E-state index is 0.0167. The number of carbonyl (C=O) groups is 1. The zero-order valence-corrected chi connectivity index (χ0v) is 17.4. The van der Waals surface area contributed by atoms with Crippen LogP contribution in [0.3, 0.4) is 0 Å². The number of anilines is 1. The lowest BCUT2D eigenvalue weighted by Crippen LogP contribution is -2.40. The number of pyridine rings is 1. The summed E-state index contributed by atoms with van der Waals surface area (Å²) in [6.45, 7) is 2.09. The molecule has 4 rings (SSSR count). The Labute approximate surface area is 173 Å². The van der Waals surface area contributed by atoms with Crippen molar-refractivity contribution in [3.8, 4) is 11.5 Å². The first-order chi connectivity index (χ1) is 14.2. The lowest BCUT2D eigenvalue weighted by molar-refractivity contribution is -0.125. The molecule has 1 aliphatic heterocycles. The number of nitrogens with one attached hydrogen (secondary N) is 1. The number of hydrogen-bond acceptors (Lipinski definition) is 7. The van der Waals surface area contributed by atoms with Gasteiger partial charge in [0, 0.05) is 43.4 Å². The molecule has 0 saturated carbocycles. The van der Waals surface area contributed by atoms with Crippen molar-refractivity contribution >= 4 is 32.7 Å². The predicted molar refractivity (Wildman–Crippen MR) is 114 cm³/mol. The van der Waals surface area contributed by atoms with E-state index < -0.39 is 0 Å². The van der Waals surface area contributed by atoms with Crippen molar-refractivity contribution in [3.63, 3.8) is 0 Å². The normalized spacial score (nSPS) is 14.8. The van der Waals surface area contributed by atoms with Crippen LogP contribution in [0.2, 0.25) is 0 Å². The summed E-state index contributed by atoms with van der Waals surface area (Å²) >= 11 is 1.61. The van der Waals surface area contributed by atoms with Gasteiger partial charge >= 0.3 is 0 Å². The van der Waals surface area contributed by atoms with E-state index in [9.17, 15) is 4.79 Å². The van der Waals surface area contributed by atoms with Crippen LogP contribution in [0.25, 0.3) is 10.3 Å². The Bertz CT molecular complexity index is 966. The summed E-state index contributed by atoms with van der Waals surface area (Å²) in [7, 11) is 3.24. The number of carbonyl (C=O) groups excluding carboxylic acids is 1. The fourth-order valence-corrected chi connectivity index (χ4v) is 4.51. The number of fused-ring (bicyclic) bond motifs is 1. The number of benzene rings is 1. The molecule has 3 heterocycles. The maximum absolute atomic E-state index is 12.7. The van der Waals surface area contributed by atoms with E-state index in [4.69, 9.17) is 9.47 Å². The van der Waals surface area contributed by atoms with Crippen LogP contribution in [0.1, 0.15) is 18.4 Å². The van der Waals surface area contributed by atoms with Crippen molar-refractivity contribution < 1.29 is 14.3 Å². The van der Waals surface area contributed by atoms with Crippen LogP contribution in [0.5, 0.6) is 11.5 Å². The number of thiazole rings is 1. The molecule has 1 aromatic carbocycles. The first-order valence-electron chi connectivity index (χ1n) is 9.63. The summed E-state index contributed by atoms with van der Waals surface area (Å²) in [6, 6.07) is 9.50. The van der Waals surface area contributed by atoms with E-state index in [0.717, 1.165) is 52.7 Å². The van der Waals surface area contributed by atoms with Crippen molar-refractivity contribution in [2.75, 3.05) is 32.2 Å². The summed E-state index contributed by atoms with van der Waals surface area (Å²) in [4.78, 5) is 24.9. The van der Waals surface area contributed by atoms with Crippen LogP contribution < -0.4 is 19.7 Å². The van der Waals surface area contributed by atoms with Crippen molar-refractivity contribution in [3.05, 3.63) is 42.1 Å². The van der Waals surface area contributed by atoms with Gasteiger partial charge in [0.15, 0.2) is 5.13 Å². The van der Waals surface area contributed by atoms with E-state index in [2.05, 4.69) is 20.2 Å². The highest BCUT2D eigenvalue weighted by atomic mass is 32.1. The van der Waals surface area contributed by atoms with Crippen molar-refractivity contribution in [1.82, 2.24) is 15.3 Å². The van der Waals surface area contributed by atoms with Gasteiger partial charge in [0.05, 0.1) is 14.2 Å². The molecule has 0 atom stereocenters. The number of amides is 1. The largest absolute Gasteiger partial charge is 0.497 e. The molecule has 0 spiro atoms. The molecule has 1 saturated heterocycles. The topological polar surface area (TPSA) is 76.6 Å². The maximum Gasteiger partial charge on any atom is 0.223 e. The monoisotopic (exact) mass is 412 g/mol. The second-order valence-electron chi connectivity index (χ2n) is 6.98. The number of hydrogen-bond donors (Lipinski definition) is 1. The highest BCUT2D eigenvalue weighted by Crippen LogP contribution is 2.30. The van der Waals surface area contributed by atoms with Gasteiger partial charge in [0.25, 0.3) is 0 Å². The number of piperidine rings is 1. The molecule has 7 nitrogen and oxygen atoms in total. The summed E-state index contributed by atoms with van der Waals surface area (Å²) in [5.41, 5.74) is 1.86. The van der Waals surface area contributed by atoms with Crippen LogP contribution >= 0.6 is 11.3 Å². The molecule has 1 fully saturated rings. The summed E-state index contributed by atoms with van der Waals surface area (Å²) in [5.74, 6) is 1.55. The van der Waals surface area contributed by atoms with Gasteiger partial charge in [0.2, 0.25) is 5.91 Å². The van der Waals surface area contributed by atoms with E-state index >= 15 is 0 Å². The zero-order valence-electron chi connectivity index (χ0n) is 16.6. The predicted octanol–water partition coefficient (Wildman–Crippen LogP) is 3.24. The molecule has 0 aliphatic carbocycles. The molecule has 2 aromatic heterocycles. The molecule has 1 amide bonds. The first kappa shape index (κ1) is 19.4. The first-order valence-corrected chi connectivity index (χ1v) is 10.4. The van der Waals surface area contributed by atoms with Gasteiger partial charge in [-0.05, 0) is 37.1 Å². The average Bonchev–Trinajstić information content (AvgIpc) is 3.21. The molecule has 0 unspecified atom stereocenters. The van der Waals surface area contributed by atoms with Crippen LogP contribution in [-0.2, 0) is 11.3 Å². The van der Waals surface area contributed by atoms with E-state index in [0.29, 0.717) is 12.3 Å². The number of methoxy groups -OCH3 is 2. The Morgan fingerprint density at radius 1 is 1.24 bits per heavy atom. The Balaban J connectivity index is 1.32. The molecule has 29 heavy (non-hydrogen) atoms. The van der Waals surface area contributed by atoms with Crippen molar-refractivity contribution in [2.45, 2.75) is 19.4 Å². The third kappa shape index (κ3) is 4.27. The fraction of sp³-hybridized carbons (Fsp3) is 0.381. The highest BCUT2D eigenvalue weighted by molar-refractivity contribution is 7.21. The van der Waals surface area contributed by atoms with Gasteiger partial charge in [-0.2, -0.15) is 0 Å². The molecule has 0 bridgehead atoms. The maximum atomic E-state index is 12.7. The third-order valence-electron chi connectivity index (χ3n) is 5.24. The Kier molecular flexibility index (Phi) is 5.80. The molecule has 0 radical (unpaired) electrons. The van der Waals surface area contributed by atoms with E-state index in [1.54, 1.807) is 31.8 Å². The Morgan fingerprint density at radius 2 is 2.07 bits per heavy atom. The second-order valence-corrected chi connectivity index (χ2v) is 7.94. The Morgan fingerprint density at radius 3 is 2.79 bits per heavy atom. The quantitative estimate of drug-likeness (QED) is 0.670. The van der Waals surface area contributed by atoms with Gasteiger partial charge in [-0.1, -0.05) is 11.3 Å². The molecule has 3 aromatic rings. The second kappa shape index (κ2) is 8.65. The molecular formula is C21H24N4O3S. The standard InChI is InChI=1S/C21H24N4O3S/c1-27-16-6-5-15(18(12-16)28-2)13-23-19(26)14-7-10-25(11-8-14)21-24-17-4-3-9-22-20(17)29-21/h3-6,9,12,14H,7-8,10-11,13H2,1-2H3,(H,23,26). The third-order valence-corrected chi connectivity index (χ3v) is 6.28.